The molecule has 0 unspecified atom stereocenters. The molecule has 0 aromatic rings. The summed E-state index contributed by atoms with van der Waals surface area (Å²) in [5.74, 6) is -0.544. The van der Waals surface area contributed by atoms with E-state index in [2.05, 4.69) is 10.6 Å². The summed E-state index contributed by atoms with van der Waals surface area (Å²) in [6.07, 6.45) is 1.37. The zero-order valence-electron chi connectivity index (χ0n) is 17.7. The Morgan fingerprint density at radius 1 is 0.621 bits per heavy atom. The fourth-order valence-corrected chi connectivity index (χ4v) is 1.87. The van der Waals surface area contributed by atoms with E-state index in [1.165, 1.54) is 6.92 Å². The van der Waals surface area contributed by atoms with Crippen molar-refractivity contribution in [1.82, 2.24) is 10.6 Å². The smallest absolute Gasteiger partial charge is 0.246 e. The van der Waals surface area contributed by atoms with Crippen molar-refractivity contribution in [3.8, 4) is 0 Å². The van der Waals surface area contributed by atoms with Crippen molar-refractivity contribution in [2.24, 2.45) is 0 Å². The molecule has 0 rings (SSSR count). The van der Waals surface area contributed by atoms with E-state index in [-0.39, 0.29) is 30.8 Å². The topological polar surface area (TPSA) is 121 Å². The van der Waals surface area contributed by atoms with Crippen LogP contribution in [-0.4, -0.2) is 96.8 Å². The van der Waals surface area contributed by atoms with Gasteiger partial charge in [0.15, 0.2) is 0 Å². The molecule has 0 fully saturated rings. The van der Waals surface area contributed by atoms with Crippen LogP contribution < -0.4 is 10.6 Å². The lowest BCUT2D eigenvalue weighted by molar-refractivity contribution is -0.131. The van der Waals surface area contributed by atoms with Gasteiger partial charge in [0.1, 0.15) is 19.0 Å². The first-order valence-electron chi connectivity index (χ1n) is 9.97. The SMILES string of the molecule is CCCOCCOCCNC(=O)COCC(=O)NCCOCCOCCC(C)=O. The van der Waals surface area contributed by atoms with Crippen molar-refractivity contribution < 1.29 is 38.1 Å². The number of hydrogen-bond acceptors (Lipinski definition) is 8. The zero-order valence-corrected chi connectivity index (χ0v) is 17.7. The molecule has 0 saturated carbocycles. The minimum atomic E-state index is -0.325. The molecule has 0 saturated heterocycles. The predicted octanol–water partition coefficient (Wildman–Crippen LogP) is -0.309. The molecule has 2 amide bonds. The molecule has 10 nitrogen and oxygen atoms in total. The summed E-state index contributed by atoms with van der Waals surface area (Å²) in [6, 6.07) is 0. The Labute approximate surface area is 172 Å². The molecule has 0 aliphatic rings. The maximum Gasteiger partial charge on any atom is 0.246 e. The van der Waals surface area contributed by atoms with E-state index in [1.54, 1.807) is 0 Å². The van der Waals surface area contributed by atoms with E-state index in [0.29, 0.717) is 65.8 Å². The normalized spacial score (nSPS) is 10.7. The number of hydrogen-bond donors (Lipinski definition) is 2. The van der Waals surface area contributed by atoms with Crippen LogP contribution in [0, 0.1) is 0 Å². The lowest BCUT2D eigenvalue weighted by atomic mass is 10.3. The number of ketones is 1. The van der Waals surface area contributed by atoms with Crippen LogP contribution in [0.1, 0.15) is 26.7 Å². The summed E-state index contributed by atoms with van der Waals surface area (Å²) in [4.78, 5) is 33.8. The van der Waals surface area contributed by atoms with Gasteiger partial charge in [-0.2, -0.15) is 0 Å². The number of Topliss-reactive ketones (excluding diaryl/α,β-unsaturated/α-hetero) is 1. The average molecular weight is 421 g/mol. The maximum absolute atomic E-state index is 11.6. The second-order valence-corrected chi connectivity index (χ2v) is 6.09. The van der Waals surface area contributed by atoms with Crippen LogP contribution in [0.4, 0.5) is 0 Å². The van der Waals surface area contributed by atoms with Gasteiger partial charge in [-0.25, -0.2) is 0 Å². The lowest BCUT2D eigenvalue weighted by Gasteiger charge is -2.08. The van der Waals surface area contributed by atoms with E-state index in [9.17, 15) is 14.4 Å². The Hall–Kier alpha value is -1.59. The van der Waals surface area contributed by atoms with E-state index in [4.69, 9.17) is 23.7 Å². The molecule has 0 aliphatic heterocycles. The zero-order chi connectivity index (χ0) is 21.6. The Balaban J connectivity index is 3.33. The molecule has 0 radical (unpaired) electrons. The van der Waals surface area contributed by atoms with Gasteiger partial charge in [0.2, 0.25) is 11.8 Å². The van der Waals surface area contributed by atoms with Gasteiger partial charge in [0.05, 0.1) is 46.2 Å². The van der Waals surface area contributed by atoms with Crippen LogP contribution >= 0.6 is 0 Å². The fraction of sp³-hybridized carbons (Fsp3) is 0.842. The highest BCUT2D eigenvalue weighted by Gasteiger charge is 2.05. The number of rotatable bonds is 21. The highest BCUT2D eigenvalue weighted by Crippen LogP contribution is 1.85. The largest absolute Gasteiger partial charge is 0.379 e. The summed E-state index contributed by atoms with van der Waals surface area (Å²) in [5, 5.41) is 5.25. The molecule has 0 aromatic carbocycles. The second kappa shape index (κ2) is 21.1. The van der Waals surface area contributed by atoms with Crippen LogP contribution in [0.2, 0.25) is 0 Å². The van der Waals surface area contributed by atoms with Gasteiger partial charge < -0.3 is 34.3 Å². The lowest BCUT2D eigenvalue weighted by Crippen LogP contribution is -2.34. The van der Waals surface area contributed by atoms with Gasteiger partial charge in [-0.1, -0.05) is 6.92 Å². The third kappa shape index (κ3) is 22.6. The van der Waals surface area contributed by atoms with Crippen LogP contribution in [-0.2, 0) is 38.1 Å². The number of carbonyl (C=O) groups excluding carboxylic acids is 3. The number of ether oxygens (including phenoxy) is 5. The van der Waals surface area contributed by atoms with Gasteiger partial charge in [0.25, 0.3) is 0 Å². The van der Waals surface area contributed by atoms with Crippen LogP contribution in [0.5, 0.6) is 0 Å². The maximum atomic E-state index is 11.6. The molecule has 170 valence electrons. The summed E-state index contributed by atoms with van der Waals surface area (Å²) >= 11 is 0. The van der Waals surface area contributed by atoms with Crippen molar-refractivity contribution in [1.29, 1.82) is 0 Å². The molecule has 0 aromatic heterocycles. The monoisotopic (exact) mass is 420 g/mol. The third-order valence-corrected chi connectivity index (χ3v) is 3.29. The summed E-state index contributed by atoms with van der Waals surface area (Å²) in [5.41, 5.74) is 0. The molecule has 0 aliphatic carbocycles. The number of carbonyl (C=O) groups is 3. The number of amides is 2. The van der Waals surface area contributed by atoms with E-state index in [1.807, 2.05) is 6.92 Å². The molecule has 0 bridgehead atoms. The van der Waals surface area contributed by atoms with Gasteiger partial charge in [-0.3, -0.25) is 14.4 Å². The number of nitrogens with one attached hydrogen (secondary N) is 2. The minimum absolute atomic E-state index is 0.0889. The summed E-state index contributed by atoms with van der Waals surface area (Å²) in [7, 11) is 0. The highest BCUT2D eigenvalue weighted by molar-refractivity contribution is 5.79. The van der Waals surface area contributed by atoms with Crippen molar-refractivity contribution >= 4 is 17.6 Å². The molecule has 2 N–H and O–H groups in total. The molecule has 10 heteroatoms. The third-order valence-electron chi connectivity index (χ3n) is 3.29. The van der Waals surface area contributed by atoms with E-state index < -0.39 is 0 Å². The van der Waals surface area contributed by atoms with Crippen molar-refractivity contribution in [2.75, 3.05) is 79.2 Å². The fourth-order valence-electron chi connectivity index (χ4n) is 1.87. The second-order valence-electron chi connectivity index (χ2n) is 6.09. The quantitative estimate of drug-likeness (QED) is 0.243. The van der Waals surface area contributed by atoms with Crippen molar-refractivity contribution in [3.05, 3.63) is 0 Å². The van der Waals surface area contributed by atoms with Crippen LogP contribution in [0.15, 0.2) is 0 Å². The molecule has 0 heterocycles. The standard InChI is InChI=1S/C19H36N2O8/c1-3-7-25-11-13-27-9-5-20-18(23)15-29-16-19(24)21-6-10-28-14-12-26-8-4-17(2)22/h3-16H2,1-2H3,(H,20,23)(H,21,24). The minimum Gasteiger partial charge on any atom is -0.379 e. The first kappa shape index (κ1) is 27.4. The molecule has 29 heavy (non-hydrogen) atoms. The molecular formula is C19H36N2O8. The highest BCUT2D eigenvalue weighted by atomic mass is 16.5. The van der Waals surface area contributed by atoms with E-state index >= 15 is 0 Å². The predicted molar refractivity (Wildman–Crippen MR) is 106 cm³/mol. The van der Waals surface area contributed by atoms with Gasteiger partial charge in [-0.15, -0.1) is 0 Å². The van der Waals surface area contributed by atoms with E-state index in [0.717, 1.165) is 13.0 Å². The molecule has 0 spiro atoms. The summed E-state index contributed by atoms with van der Waals surface area (Å²) in [6.45, 7) is 7.52. The first-order valence-corrected chi connectivity index (χ1v) is 9.97. The van der Waals surface area contributed by atoms with Gasteiger partial charge in [-0.05, 0) is 13.3 Å². The Morgan fingerprint density at radius 3 is 1.52 bits per heavy atom. The average Bonchev–Trinajstić information content (AvgIpc) is 2.68. The molecular weight excluding hydrogens is 384 g/mol. The molecule has 0 atom stereocenters. The van der Waals surface area contributed by atoms with Gasteiger partial charge >= 0.3 is 0 Å². The van der Waals surface area contributed by atoms with Crippen molar-refractivity contribution in [2.45, 2.75) is 26.7 Å². The van der Waals surface area contributed by atoms with Crippen LogP contribution in [0.3, 0.4) is 0 Å². The first-order chi connectivity index (χ1) is 14.1. The Morgan fingerprint density at radius 2 is 1.07 bits per heavy atom. The summed E-state index contributed by atoms with van der Waals surface area (Å²) < 4.78 is 26.1. The van der Waals surface area contributed by atoms with Crippen molar-refractivity contribution in [3.63, 3.8) is 0 Å². The Kier molecular flexibility index (Phi) is 20.0. The van der Waals surface area contributed by atoms with Crippen LogP contribution in [0.25, 0.3) is 0 Å². The van der Waals surface area contributed by atoms with Gasteiger partial charge in [0, 0.05) is 26.1 Å². The Bertz CT molecular complexity index is 434.